The molecule has 0 atom stereocenters. The van der Waals surface area contributed by atoms with Crippen LogP contribution >= 0.6 is 0 Å². The van der Waals surface area contributed by atoms with E-state index in [1.807, 2.05) is 23.1 Å². The first-order valence-corrected chi connectivity index (χ1v) is 7.92. The highest BCUT2D eigenvalue weighted by atomic mass is 16.6. The molecule has 0 aliphatic carbocycles. The van der Waals surface area contributed by atoms with E-state index in [9.17, 15) is 4.79 Å². The van der Waals surface area contributed by atoms with E-state index in [0.717, 1.165) is 57.4 Å². The first-order valence-electron chi connectivity index (χ1n) is 7.92. The quantitative estimate of drug-likeness (QED) is 0.839. The van der Waals surface area contributed by atoms with Crippen LogP contribution in [0, 0.1) is 0 Å². The van der Waals surface area contributed by atoms with Crippen LogP contribution in [0.5, 0.6) is 0 Å². The zero-order valence-corrected chi connectivity index (χ0v) is 12.8. The highest BCUT2D eigenvalue weighted by Gasteiger charge is 2.40. The molecule has 2 fully saturated rings. The van der Waals surface area contributed by atoms with Gasteiger partial charge in [0.25, 0.3) is 0 Å². The molecule has 0 radical (unpaired) electrons. The van der Waals surface area contributed by atoms with Crippen molar-refractivity contribution in [3.63, 3.8) is 0 Å². The van der Waals surface area contributed by atoms with Gasteiger partial charge in [-0.15, -0.1) is 0 Å². The molecule has 4 heteroatoms. The number of benzene rings is 1. The van der Waals surface area contributed by atoms with Crippen molar-refractivity contribution in [3.05, 3.63) is 35.9 Å². The molecular formula is C17H24N2O2. The summed E-state index contributed by atoms with van der Waals surface area (Å²) in [7, 11) is 2.12. The highest BCUT2D eigenvalue weighted by molar-refractivity contribution is 5.68. The molecule has 0 aromatic heterocycles. The first-order chi connectivity index (χ1) is 10.2. The number of piperidine rings is 1. The van der Waals surface area contributed by atoms with Gasteiger partial charge in [0.15, 0.2) is 0 Å². The average Bonchev–Trinajstić information content (AvgIpc) is 3.05. The molecule has 21 heavy (non-hydrogen) atoms. The number of nitrogens with zero attached hydrogens (tertiary/aromatic N) is 2. The van der Waals surface area contributed by atoms with E-state index in [1.54, 1.807) is 0 Å². The Morgan fingerprint density at radius 2 is 1.67 bits per heavy atom. The number of hydrogen-bond donors (Lipinski definition) is 0. The molecule has 0 unspecified atom stereocenters. The lowest BCUT2D eigenvalue weighted by Crippen LogP contribution is -2.46. The monoisotopic (exact) mass is 288 g/mol. The van der Waals surface area contributed by atoms with Gasteiger partial charge in [0.2, 0.25) is 0 Å². The molecule has 2 aliphatic rings. The van der Waals surface area contributed by atoms with Crippen molar-refractivity contribution in [2.75, 3.05) is 33.2 Å². The number of carbonyl (C=O) groups excluding carboxylic acids is 1. The van der Waals surface area contributed by atoms with Crippen LogP contribution in [0.1, 0.15) is 31.2 Å². The van der Waals surface area contributed by atoms with Gasteiger partial charge in [-0.3, -0.25) is 0 Å². The predicted molar refractivity (Wildman–Crippen MR) is 82.1 cm³/mol. The molecule has 2 saturated heterocycles. The first kappa shape index (κ1) is 14.4. The van der Waals surface area contributed by atoms with Gasteiger partial charge in [0, 0.05) is 39.0 Å². The summed E-state index contributed by atoms with van der Waals surface area (Å²) < 4.78 is 6.06. The third-order valence-electron chi connectivity index (χ3n) is 4.74. The van der Waals surface area contributed by atoms with Crippen molar-refractivity contribution in [2.45, 2.75) is 31.3 Å². The van der Waals surface area contributed by atoms with Crippen LogP contribution in [0.3, 0.4) is 0 Å². The molecule has 0 N–H and O–H groups in total. The van der Waals surface area contributed by atoms with Gasteiger partial charge < -0.3 is 14.5 Å². The van der Waals surface area contributed by atoms with E-state index in [2.05, 4.69) is 24.1 Å². The Labute approximate surface area is 126 Å². The SMILES string of the molecule is CN1CCC(OC(=O)N2CCCC2)(c2ccccc2)CC1. The number of rotatable bonds is 2. The van der Waals surface area contributed by atoms with E-state index in [1.165, 1.54) is 0 Å². The summed E-state index contributed by atoms with van der Waals surface area (Å²) in [6.45, 7) is 3.59. The van der Waals surface area contributed by atoms with Crippen molar-refractivity contribution in [2.24, 2.45) is 0 Å². The molecule has 0 bridgehead atoms. The maximum atomic E-state index is 12.5. The Morgan fingerprint density at radius 1 is 1.05 bits per heavy atom. The third kappa shape index (κ3) is 3.05. The summed E-state index contributed by atoms with van der Waals surface area (Å²) in [6, 6.07) is 10.2. The Hall–Kier alpha value is -1.55. The summed E-state index contributed by atoms with van der Waals surface area (Å²) in [5.41, 5.74) is 0.679. The zero-order valence-electron chi connectivity index (χ0n) is 12.8. The molecule has 1 aromatic rings. The number of ether oxygens (including phenoxy) is 1. The second-order valence-corrected chi connectivity index (χ2v) is 6.23. The Bertz CT molecular complexity index is 475. The van der Waals surface area contributed by atoms with Crippen LogP contribution in [0.2, 0.25) is 0 Å². The van der Waals surface area contributed by atoms with E-state index in [0.29, 0.717) is 0 Å². The molecule has 1 amide bonds. The van der Waals surface area contributed by atoms with Crippen molar-refractivity contribution >= 4 is 6.09 Å². The van der Waals surface area contributed by atoms with Crippen molar-refractivity contribution in [1.82, 2.24) is 9.80 Å². The zero-order chi connectivity index (χ0) is 14.7. The second kappa shape index (κ2) is 6.06. The molecular weight excluding hydrogens is 264 g/mol. The van der Waals surface area contributed by atoms with Gasteiger partial charge in [-0.2, -0.15) is 0 Å². The van der Waals surface area contributed by atoms with Crippen molar-refractivity contribution in [1.29, 1.82) is 0 Å². The lowest BCUT2D eigenvalue weighted by atomic mass is 9.84. The standard InChI is InChI=1S/C17H24N2O2/c1-18-13-9-17(10-14-18,15-7-3-2-4-8-15)21-16(20)19-11-5-6-12-19/h2-4,7-8H,5-6,9-14H2,1H3. The van der Waals surface area contributed by atoms with E-state index >= 15 is 0 Å². The molecule has 3 rings (SSSR count). The number of carbonyl (C=O) groups is 1. The Balaban J connectivity index is 1.81. The topological polar surface area (TPSA) is 32.8 Å². The van der Waals surface area contributed by atoms with Crippen LogP contribution in [-0.4, -0.2) is 49.1 Å². The van der Waals surface area contributed by atoms with Crippen molar-refractivity contribution < 1.29 is 9.53 Å². The third-order valence-corrected chi connectivity index (χ3v) is 4.74. The minimum atomic E-state index is -0.451. The maximum Gasteiger partial charge on any atom is 0.410 e. The number of hydrogen-bond acceptors (Lipinski definition) is 3. The van der Waals surface area contributed by atoms with E-state index in [-0.39, 0.29) is 6.09 Å². The molecule has 0 saturated carbocycles. The van der Waals surface area contributed by atoms with E-state index in [4.69, 9.17) is 4.74 Å². The van der Waals surface area contributed by atoms with Crippen LogP contribution in [-0.2, 0) is 10.3 Å². The van der Waals surface area contributed by atoms with Gasteiger partial charge in [0.1, 0.15) is 5.60 Å². The normalized spacial score (nSPS) is 22.2. The largest absolute Gasteiger partial charge is 0.438 e. The fourth-order valence-electron chi connectivity index (χ4n) is 3.30. The van der Waals surface area contributed by atoms with E-state index < -0.39 is 5.60 Å². The molecule has 0 spiro atoms. The predicted octanol–water partition coefficient (Wildman–Crippen LogP) is 2.84. The summed E-state index contributed by atoms with van der Waals surface area (Å²) in [6.07, 6.45) is 3.79. The maximum absolute atomic E-state index is 12.5. The Kier molecular flexibility index (Phi) is 4.15. The molecule has 114 valence electrons. The minimum Gasteiger partial charge on any atom is -0.438 e. The fraction of sp³-hybridized carbons (Fsp3) is 0.588. The molecule has 4 nitrogen and oxygen atoms in total. The second-order valence-electron chi connectivity index (χ2n) is 6.23. The van der Waals surface area contributed by atoms with Gasteiger partial charge in [-0.05, 0) is 25.5 Å². The van der Waals surface area contributed by atoms with Crippen LogP contribution in [0.25, 0.3) is 0 Å². The summed E-state index contributed by atoms with van der Waals surface area (Å²) in [5.74, 6) is 0. The van der Waals surface area contributed by atoms with Crippen LogP contribution < -0.4 is 0 Å². The number of likely N-dealkylation sites (tertiary alicyclic amines) is 2. The summed E-state index contributed by atoms with van der Waals surface area (Å²) >= 11 is 0. The molecule has 2 aliphatic heterocycles. The number of amides is 1. The van der Waals surface area contributed by atoms with Crippen LogP contribution in [0.15, 0.2) is 30.3 Å². The summed E-state index contributed by atoms with van der Waals surface area (Å²) in [5, 5.41) is 0. The fourth-order valence-corrected chi connectivity index (χ4v) is 3.30. The van der Waals surface area contributed by atoms with Gasteiger partial charge in [-0.1, -0.05) is 30.3 Å². The lowest BCUT2D eigenvalue weighted by molar-refractivity contribution is -0.0485. The highest BCUT2D eigenvalue weighted by Crippen LogP contribution is 2.37. The summed E-state index contributed by atoms with van der Waals surface area (Å²) in [4.78, 5) is 16.6. The van der Waals surface area contributed by atoms with Crippen molar-refractivity contribution in [3.8, 4) is 0 Å². The van der Waals surface area contributed by atoms with Gasteiger partial charge >= 0.3 is 6.09 Å². The van der Waals surface area contributed by atoms with Crippen LogP contribution in [0.4, 0.5) is 4.79 Å². The Morgan fingerprint density at radius 3 is 2.29 bits per heavy atom. The smallest absolute Gasteiger partial charge is 0.410 e. The molecule has 2 heterocycles. The van der Waals surface area contributed by atoms with Gasteiger partial charge in [-0.25, -0.2) is 4.79 Å². The lowest BCUT2D eigenvalue weighted by Gasteiger charge is -2.41. The minimum absolute atomic E-state index is 0.138. The molecule has 1 aromatic carbocycles. The van der Waals surface area contributed by atoms with Gasteiger partial charge in [0.05, 0.1) is 0 Å². The average molecular weight is 288 g/mol.